The summed E-state index contributed by atoms with van der Waals surface area (Å²) in [5.41, 5.74) is 0.784. The summed E-state index contributed by atoms with van der Waals surface area (Å²) in [6.45, 7) is 1.59. The number of benzene rings is 3. The largest absolute Gasteiger partial charge is 0.573 e. The molecule has 1 aliphatic heterocycles. The zero-order valence-corrected chi connectivity index (χ0v) is 19.3. The number of hydrogen-bond acceptors (Lipinski definition) is 5. The van der Waals surface area contributed by atoms with Crippen molar-refractivity contribution in [1.29, 1.82) is 0 Å². The molecular formula is C26H22F4O6. The molecule has 36 heavy (non-hydrogen) atoms. The van der Waals surface area contributed by atoms with Crippen LogP contribution in [0.4, 0.5) is 17.6 Å². The summed E-state index contributed by atoms with van der Waals surface area (Å²) < 4.78 is 75.2. The Morgan fingerprint density at radius 1 is 1.08 bits per heavy atom. The Morgan fingerprint density at radius 2 is 1.86 bits per heavy atom. The third-order valence-electron chi connectivity index (χ3n) is 5.70. The van der Waals surface area contributed by atoms with Crippen LogP contribution >= 0.6 is 0 Å². The summed E-state index contributed by atoms with van der Waals surface area (Å²) in [5.74, 6) is -1.87. The third kappa shape index (κ3) is 5.64. The number of fused-ring (bicyclic) bond motifs is 1. The normalized spacial score (nSPS) is 15.8. The van der Waals surface area contributed by atoms with Gasteiger partial charge in [-0.3, -0.25) is 4.79 Å². The maximum absolute atomic E-state index is 14.5. The van der Waals surface area contributed by atoms with E-state index in [1.165, 1.54) is 31.4 Å². The monoisotopic (exact) mass is 506 g/mol. The molecule has 0 aliphatic carbocycles. The number of carboxylic acids is 1. The van der Waals surface area contributed by atoms with Crippen molar-refractivity contribution in [2.45, 2.75) is 25.8 Å². The van der Waals surface area contributed by atoms with Gasteiger partial charge in [0.25, 0.3) is 0 Å². The van der Waals surface area contributed by atoms with Gasteiger partial charge >= 0.3 is 12.3 Å². The van der Waals surface area contributed by atoms with Gasteiger partial charge in [-0.15, -0.1) is 13.2 Å². The van der Waals surface area contributed by atoms with Crippen LogP contribution in [0.2, 0.25) is 0 Å². The third-order valence-corrected chi connectivity index (χ3v) is 5.70. The molecule has 0 amide bonds. The molecule has 2 atom stereocenters. The van der Waals surface area contributed by atoms with Crippen molar-refractivity contribution in [1.82, 2.24) is 0 Å². The summed E-state index contributed by atoms with van der Waals surface area (Å²) in [4.78, 5) is 11.2. The van der Waals surface area contributed by atoms with Gasteiger partial charge in [0.2, 0.25) is 0 Å². The van der Waals surface area contributed by atoms with Crippen LogP contribution in [0.1, 0.15) is 24.2 Å². The molecular weight excluding hydrogens is 484 g/mol. The molecule has 0 radical (unpaired) electrons. The van der Waals surface area contributed by atoms with Crippen molar-refractivity contribution in [2.75, 3.05) is 13.7 Å². The van der Waals surface area contributed by atoms with Gasteiger partial charge < -0.3 is 24.1 Å². The van der Waals surface area contributed by atoms with Gasteiger partial charge in [0.15, 0.2) is 17.6 Å². The topological polar surface area (TPSA) is 74.2 Å². The predicted octanol–water partition coefficient (Wildman–Crippen LogP) is 6.18. The van der Waals surface area contributed by atoms with Crippen molar-refractivity contribution in [3.8, 4) is 34.1 Å². The minimum absolute atomic E-state index is 0.0101. The molecule has 1 aliphatic rings. The Hall–Kier alpha value is -3.95. The van der Waals surface area contributed by atoms with Gasteiger partial charge in [0.1, 0.15) is 23.9 Å². The minimum atomic E-state index is -5.02. The van der Waals surface area contributed by atoms with E-state index in [1.54, 1.807) is 25.1 Å². The number of alkyl halides is 3. The Labute approximate surface area is 204 Å². The standard InChI is InChI=1S/C26H22F4O6/c1-14(25(31)32)9-15-3-8-21-23(10-15)35-24(13-34-21)16-4-6-18(22(11-16)36-26(28,29)30)19-12-17(33-2)5-7-20(19)27/h3-8,10-12,14,24H,9,13H2,1-2H3,(H,31,32). The van der Waals surface area contributed by atoms with Gasteiger partial charge in [-0.1, -0.05) is 25.1 Å². The second kappa shape index (κ2) is 9.96. The smallest absolute Gasteiger partial charge is 0.497 e. The van der Waals surface area contributed by atoms with Crippen LogP contribution < -0.4 is 18.9 Å². The molecule has 2 unspecified atom stereocenters. The van der Waals surface area contributed by atoms with Gasteiger partial charge in [0, 0.05) is 11.1 Å². The highest BCUT2D eigenvalue weighted by molar-refractivity contribution is 5.73. The quantitative estimate of drug-likeness (QED) is 0.386. The van der Waals surface area contributed by atoms with Gasteiger partial charge in [-0.05, 0) is 53.9 Å². The predicted molar refractivity (Wildman–Crippen MR) is 121 cm³/mol. The number of carbonyl (C=O) groups is 1. The second-order valence-electron chi connectivity index (χ2n) is 8.29. The molecule has 3 aromatic rings. The fourth-order valence-corrected chi connectivity index (χ4v) is 3.86. The van der Waals surface area contributed by atoms with E-state index in [0.717, 1.165) is 12.1 Å². The van der Waals surface area contributed by atoms with Crippen molar-refractivity contribution in [2.24, 2.45) is 5.92 Å². The molecule has 0 spiro atoms. The van der Waals surface area contributed by atoms with Crippen LogP contribution in [0.25, 0.3) is 11.1 Å². The van der Waals surface area contributed by atoms with Crippen LogP contribution in [0, 0.1) is 11.7 Å². The zero-order valence-electron chi connectivity index (χ0n) is 19.3. The fraction of sp³-hybridized carbons (Fsp3) is 0.269. The molecule has 1 N–H and O–H groups in total. The van der Waals surface area contributed by atoms with E-state index in [9.17, 15) is 22.4 Å². The molecule has 10 heteroatoms. The number of carboxylic acid groups (broad SMARTS) is 1. The second-order valence-corrected chi connectivity index (χ2v) is 8.29. The molecule has 0 aromatic heterocycles. The van der Waals surface area contributed by atoms with Gasteiger partial charge in [-0.25, -0.2) is 4.39 Å². The van der Waals surface area contributed by atoms with Crippen molar-refractivity contribution < 1.29 is 46.4 Å². The number of ether oxygens (including phenoxy) is 4. The molecule has 0 fully saturated rings. The van der Waals surface area contributed by atoms with E-state index in [2.05, 4.69) is 4.74 Å². The maximum Gasteiger partial charge on any atom is 0.573 e. The summed E-state index contributed by atoms with van der Waals surface area (Å²) in [5, 5.41) is 9.15. The lowest BCUT2D eigenvalue weighted by atomic mass is 9.99. The number of aliphatic carboxylic acids is 1. The molecule has 6 nitrogen and oxygen atoms in total. The van der Waals surface area contributed by atoms with Crippen LogP contribution in [0.15, 0.2) is 54.6 Å². The molecule has 0 saturated carbocycles. The van der Waals surface area contributed by atoms with E-state index in [0.29, 0.717) is 22.6 Å². The van der Waals surface area contributed by atoms with E-state index in [-0.39, 0.29) is 29.9 Å². The Kier molecular flexibility index (Phi) is 6.96. The maximum atomic E-state index is 14.5. The van der Waals surface area contributed by atoms with Crippen molar-refractivity contribution >= 4 is 5.97 Å². The van der Waals surface area contributed by atoms with E-state index >= 15 is 0 Å². The van der Waals surface area contributed by atoms with Crippen LogP contribution in [-0.4, -0.2) is 31.2 Å². The molecule has 3 aromatic carbocycles. The first-order valence-electron chi connectivity index (χ1n) is 10.9. The van der Waals surface area contributed by atoms with Crippen LogP contribution in [0.3, 0.4) is 0 Å². The summed E-state index contributed by atoms with van der Waals surface area (Å²) in [7, 11) is 1.36. The minimum Gasteiger partial charge on any atom is -0.497 e. The molecule has 4 rings (SSSR count). The fourth-order valence-electron chi connectivity index (χ4n) is 3.86. The number of methoxy groups -OCH3 is 1. The Bertz CT molecular complexity index is 1270. The average molecular weight is 506 g/mol. The van der Waals surface area contributed by atoms with Crippen LogP contribution in [0.5, 0.6) is 23.0 Å². The molecule has 0 bridgehead atoms. The van der Waals surface area contributed by atoms with Crippen molar-refractivity contribution in [3.63, 3.8) is 0 Å². The summed E-state index contributed by atoms with van der Waals surface area (Å²) in [6, 6.07) is 12.7. The Morgan fingerprint density at radius 3 is 2.56 bits per heavy atom. The lowest BCUT2D eigenvalue weighted by molar-refractivity contribution is -0.274. The first kappa shape index (κ1) is 25.2. The van der Waals surface area contributed by atoms with Gasteiger partial charge in [-0.2, -0.15) is 0 Å². The molecule has 190 valence electrons. The average Bonchev–Trinajstić information content (AvgIpc) is 2.83. The summed E-state index contributed by atoms with van der Waals surface area (Å²) >= 11 is 0. The molecule has 0 saturated heterocycles. The van der Waals surface area contributed by atoms with E-state index in [1.807, 2.05) is 0 Å². The van der Waals surface area contributed by atoms with E-state index < -0.39 is 35.9 Å². The van der Waals surface area contributed by atoms with E-state index in [4.69, 9.17) is 19.3 Å². The molecule has 1 heterocycles. The number of rotatable bonds is 7. The van der Waals surface area contributed by atoms with Crippen LogP contribution in [-0.2, 0) is 11.2 Å². The van der Waals surface area contributed by atoms with Gasteiger partial charge in [0.05, 0.1) is 13.0 Å². The highest BCUT2D eigenvalue weighted by Gasteiger charge is 2.34. The first-order chi connectivity index (χ1) is 17.0. The summed E-state index contributed by atoms with van der Waals surface area (Å²) in [6.07, 6.45) is -5.54. The SMILES string of the molecule is COc1ccc(F)c(-c2ccc(C3COc4ccc(CC(C)C(=O)O)cc4O3)cc2OC(F)(F)F)c1. The highest BCUT2D eigenvalue weighted by Crippen LogP contribution is 2.42. The van der Waals surface area contributed by atoms with Crippen molar-refractivity contribution in [3.05, 3.63) is 71.5 Å². The first-order valence-corrected chi connectivity index (χ1v) is 10.9. The lowest BCUT2D eigenvalue weighted by Gasteiger charge is -2.28. The lowest BCUT2D eigenvalue weighted by Crippen LogP contribution is -2.23. The Balaban J connectivity index is 1.67. The number of halogens is 4. The zero-order chi connectivity index (χ0) is 26.0. The number of hydrogen-bond donors (Lipinski definition) is 1. The highest BCUT2D eigenvalue weighted by atomic mass is 19.4.